The Morgan fingerprint density at radius 1 is 0.882 bits per heavy atom. The molecule has 0 radical (unpaired) electrons. The van der Waals surface area contributed by atoms with Gasteiger partial charge in [0.25, 0.3) is 5.91 Å². The lowest BCUT2D eigenvalue weighted by Crippen LogP contribution is -2.38. The van der Waals surface area contributed by atoms with Crippen molar-refractivity contribution in [1.29, 1.82) is 0 Å². The molecule has 0 unspecified atom stereocenters. The van der Waals surface area contributed by atoms with Gasteiger partial charge in [0.2, 0.25) is 0 Å². The number of amides is 1. The van der Waals surface area contributed by atoms with Gasteiger partial charge in [-0.25, -0.2) is 4.98 Å². The van der Waals surface area contributed by atoms with Crippen LogP contribution in [0, 0.1) is 0 Å². The predicted molar refractivity (Wildman–Crippen MR) is 128 cm³/mol. The van der Waals surface area contributed by atoms with E-state index in [1.165, 1.54) is 0 Å². The molecule has 1 amide bonds. The lowest BCUT2D eigenvalue weighted by molar-refractivity contribution is 0.0717. The number of carbonyl (C=O) groups is 1. The van der Waals surface area contributed by atoms with Crippen molar-refractivity contribution in [2.24, 2.45) is 0 Å². The maximum absolute atomic E-state index is 13.8. The molecule has 1 atom stereocenters. The molecule has 0 aromatic carbocycles. The number of nitrogens with zero attached hydrogens (tertiary/aromatic N) is 7. The van der Waals surface area contributed by atoms with E-state index < -0.39 is 0 Å². The summed E-state index contributed by atoms with van der Waals surface area (Å²) in [6.45, 7) is 1.33. The van der Waals surface area contributed by atoms with Crippen molar-refractivity contribution in [2.45, 2.75) is 25.4 Å². The molecule has 1 fully saturated rings. The Kier molecular flexibility index (Phi) is 5.10. The van der Waals surface area contributed by atoms with Gasteiger partial charge in [-0.15, -0.1) is 0 Å². The van der Waals surface area contributed by atoms with Crippen molar-refractivity contribution in [3.63, 3.8) is 0 Å². The van der Waals surface area contributed by atoms with Gasteiger partial charge >= 0.3 is 0 Å². The number of fused-ring (bicyclic) bond motifs is 1. The molecule has 0 spiro atoms. The van der Waals surface area contributed by atoms with Crippen LogP contribution in [-0.2, 0) is 6.54 Å². The largest absolute Gasteiger partial charge is 0.332 e. The summed E-state index contributed by atoms with van der Waals surface area (Å²) in [7, 11) is 0. The first-order valence-electron chi connectivity index (χ1n) is 11.4. The lowest BCUT2D eigenvalue weighted by Gasteiger charge is -2.24. The highest BCUT2D eigenvalue weighted by atomic mass is 16.2. The zero-order valence-electron chi connectivity index (χ0n) is 18.5. The van der Waals surface area contributed by atoms with Gasteiger partial charge < -0.3 is 4.90 Å². The molecule has 5 aromatic heterocycles. The van der Waals surface area contributed by atoms with Gasteiger partial charge in [0.15, 0.2) is 5.69 Å². The number of imidazole rings is 1. The number of hydrogen-bond acceptors (Lipinski definition) is 5. The molecule has 0 saturated carbocycles. The summed E-state index contributed by atoms with van der Waals surface area (Å²) >= 11 is 0. The van der Waals surface area contributed by atoms with Crippen LogP contribution in [0.2, 0.25) is 0 Å². The molecule has 1 aliphatic heterocycles. The van der Waals surface area contributed by atoms with Crippen LogP contribution in [0.5, 0.6) is 0 Å². The number of rotatable bonds is 5. The molecule has 6 rings (SSSR count). The van der Waals surface area contributed by atoms with Crippen molar-refractivity contribution >= 4 is 11.6 Å². The molecule has 8 nitrogen and oxygen atoms in total. The van der Waals surface area contributed by atoms with Crippen molar-refractivity contribution < 1.29 is 4.79 Å². The molecule has 6 heterocycles. The van der Waals surface area contributed by atoms with E-state index in [0.717, 1.165) is 41.3 Å². The summed E-state index contributed by atoms with van der Waals surface area (Å²) in [6, 6.07) is 19.3. The highest BCUT2D eigenvalue weighted by Crippen LogP contribution is 2.28. The van der Waals surface area contributed by atoms with E-state index in [2.05, 4.69) is 9.97 Å². The van der Waals surface area contributed by atoms with Gasteiger partial charge in [-0.2, -0.15) is 5.10 Å². The van der Waals surface area contributed by atoms with Gasteiger partial charge in [0.05, 0.1) is 24.0 Å². The maximum atomic E-state index is 13.8. The van der Waals surface area contributed by atoms with E-state index in [1.807, 2.05) is 87.0 Å². The highest BCUT2D eigenvalue weighted by molar-refractivity contribution is 5.99. The zero-order valence-corrected chi connectivity index (χ0v) is 18.5. The molecule has 168 valence electrons. The summed E-state index contributed by atoms with van der Waals surface area (Å²) in [5.74, 6) is -0.0658. The second kappa shape index (κ2) is 8.55. The SMILES string of the molecule is O=C(c1nc2ccccn2c1-c1ccccn1)N1CCC[C@H]1Cn1ccc(-c2ccccn2)n1. The predicted octanol–water partition coefficient (Wildman–Crippen LogP) is 3.96. The molecular weight excluding hydrogens is 426 g/mol. The third kappa shape index (κ3) is 3.63. The van der Waals surface area contributed by atoms with Crippen LogP contribution in [0.1, 0.15) is 23.3 Å². The average Bonchev–Trinajstić information content (AvgIpc) is 3.63. The van der Waals surface area contributed by atoms with Gasteiger partial charge in [0.1, 0.15) is 17.0 Å². The molecule has 0 aliphatic carbocycles. The van der Waals surface area contributed by atoms with Gasteiger partial charge in [-0.1, -0.05) is 18.2 Å². The smallest absolute Gasteiger partial charge is 0.275 e. The fourth-order valence-electron chi connectivity index (χ4n) is 4.65. The van der Waals surface area contributed by atoms with Gasteiger partial charge in [0, 0.05) is 31.3 Å². The van der Waals surface area contributed by atoms with Crippen LogP contribution >= 0.6 is 0 Å². The van der Waals surface area contributed by atoms with Gasteiger partial charge in [-0.3, -0.25) is 23.8 Å². The van der Waals surface area contributed by atoms with E-state index in [4.69, 9.17) is 10.1 Å². The van der Waals surface area contributed by atoms with Crippen molar-refractivity contribution in [3.8, 4) is 22.8 Å². The fraction of sp³-hybridized carbons (Fsp3) is 0.192. The lowest BCUT2D eigenvalue weighted by atomic mass is 10.2. The maximum Gasteiger partial charge on any atom is 0.275 e. The Labute approximate surface area is 196 Å². The Hall–Kier alpha value is -4.33. The van der Waals surface area contributed by atoms with Crippen LogP contribution in [0.4, 0.5) is 0 Å². The van der Waals surface area contributed by atoms with E-state index in [-0.39, 0.29) is 11.9 Å². The molecule has 0 bridgehead atoms. The van der Waals surface area contributed by atoms with Crippen LogP contribution in [-0.4, -0.2) is 52.5 Å². The van der Waals surface area contributed by atoms with Crippen LogP contribution < -0.4 is 0 Å². The van der Waals surface area contributed by atoms with Gasteiger partial charge in [-0.05, 0) is 55.3 Å². The molecule has 1 aliphatic rings. The van der Waals surface area contributed by atoms with Crippen LogP contribution in [0.25, 0.3) is 28.4 Å². The number of aromatic nitrogens is 6. The minimum absolute atomic E-state index is 0.0466. The number of pyridine rings is 3. The molecule has 8 heteroatoms. The zero-order chi connectivity index (χ0) is 22.9. The minimum Gasteiger partial charge on any atom is -0.332 e. The first-order valence-corrected chi connectivity index (χ1v) is 11.4. The van der Waals surface area contributed by atoms with Crippen molar-refractivity contribution in [3.05, 3.63) is 91.1 Å². The second-order valence-electron chi connectivity index (χ2n) is 8.39. The Morgan fingerprint density at radius 3 is 2.47 bits per heavy atom. The van der Waals surface area contributed by atoms with Crippen LogP contribution in [0.15, 0.2) is 85.5 Å². The minimum atomic E-state index is -0.0658. The highest BCUT2D eigenvalue weighted by Gasteiger charge is 2.33. The second-order valence-corrected chi connectivity index (χ2v) is 8.39. The summed E-state index contributed by atoms with van der Waals surface area (Å²) < 4.78 is 3.84. The number of hydrogen-bond donors (Lipinski definition) is 0. The summed E-state index contributed by atoms with van der Waals surface area (Å²) in [5.41, 5.74) is 4.29. The average molecular weight is 450 g/mol. The van der Waals surface area contributed by atoms with E-state index >= 15 is 0 Å². The molecule has 0 N–H and O–H groups in total. The van der Waals surface area contributed by atoms with Crippen LogP contribution in [0.3, 0.4) is 0 Å². The topological polar surface area (TPSA) is 81.2 Å². The molecule has 1 saturated heterocycles. The number of carbonyl (C=O) groups excluding carboxylic acids is 1. The fourth-order valence-corrected chi connectivity index (χ4v) is 4.65. The Bertz CT molecular complexity index is 1440. The van der Waals surface area contributed by atoms with Crippen molar-refractivity contribution in [1.82, 2.24) is 34.0 Å². The monoisotopic (exact) mass is 449 g/mol. The normalized spacial score (nSPS) is 15.8. The quantitative estimate of drug-likeness (QED) is 0.406. The van der Waals surface area contributed by atoms with E-state index in [1.54, 1.807) is 12.4 Å². The van der Waals surface area contributed by atoms with Crippen molar-refractivity contribution in [2.75, 3.05) is 6.54 Å². The first kappa shape index (κ1) is 20.3. The molecule has 34 heavy (non-hydrogen) atoms. The number of likely N-dealkylation sites (tertiary alicyclic amines) is 1. The Balaban J connectivity index is 1.31. The standard InChI is InChI=1S/C26H23N7O/c34-26(24-25(22-10-2-5-14-28-22)33-15-6-3-11-23(33)29-24)32-16-7-8-19(32)18-31-17-12-21(30-31)20-9-1-4-13-27-20/h1-6,9-15,17,19H,7-8,16,18H2/t19-/m0/s1. The first-order chi connectivity index (χ1) is 16.8. The third-order valence-electron chi connectivity index (χ3n) is 6.24. The molecule has 5 aromatic rings. The van der Waals surface area contributed by atoms with E-state index in [9.17, 15) is 4.79 Å². The Morgan fingerprint density at radius 2 is 1.68 bits per heavy atom. The summed E-state index contributed by atoms with van der Waals surface area (Å²) in [4.78, 5) is 29.4. The molecular formula is C26H23N7O. The summed E-state index contributed by atoms with van der Waals surface area (Å²) in [5, 5.41) is 4.70. The summed E-state index contributed by atoms with van der Waals surface area (Å²) in [6.07, 6.45) is 9.26. The third-order valence-corrected chi connectivity index (χ3v) is 6.24. The van der Waals surface area contributed by atoms with E-state index in [0.29, 0.717) is 18.8 Å².